The summed E-state index contributed by atoms with van der Waals surface area (Å²) < 4.78 is 29.1. The lowest BCUT2D eigenvalue weighted by molar-refractivity contribution is 0.483. The van der Waals surface area contributed by atoms with E-state index in [0.717, 1.165) is 10.7 Å². The predicted octanol–water partition coefficient (Wildman–Crippen LogP) is 2.59. The van der Waals surface area contributed by atoms with Gasteiger partial charge in [-0.2, -0.15) is 8.42 Å². The molecule has 0 aliphatic rings. The van der Waals surface area contributed by atoms with Gasteiger partial charge in [-0.25, -0.2) is 4.98 Å². The summed E-state index contributed by atoms with van der Waals surface area (Å²) in [6.07, 6.45) is 2.40. The van der Waals surface area contributed by atoms with Gasteiger partial charge >= 0.3 is 10.1 Å². The van der Waals surface area contributed by atoms with Crippen molar-refractivity contribution in [3.63, 3.8) is 0 Å². The Balaban J connectivity index is 2.33. The van der Waals surface area contributed by atoms with E-state index in [4.69, 9.17) is 15.8 Å². The van der Waals surface area contributed by atoms with E-state index in [1.54, 1.807) is 12.1 Å². The van der Waals surface area contributed by atoms with Gasteiger partial charge in [0, 0.05) is 4.47 Å². The van der Waals surface area contributed by atoms with Crippen LogP contribution in [0.25, 0.3) is 0 Å². The molecule has 2 aromatic rings. The molecule has 17 heavy (non-hydrogen) atoms. The minimum absolute atomic E-state index is 0.0597. The molecular formula is C9H6BrClN2O3S. The quantitative estimate of drug-likeness (QED) is 0.874. The molecule has 8 heteroatoms. The zero-order valence-corrected chi connectivity index (χ0v) is 11.4. The van der Waals surface area contributed by atoms with Crippen molar-refractivity contribution < 1.29 is 12.6 Å². The summed E-state index contributed by atoms with van der Waals surface area (Å²) in [7, 11) is -3.92. The lowest BCUT2D eigenvalue weighted by Gasteiger charge is -2.06. The first kappa shape index (κ1) is 12.4. The molecule has 1 aromatic carbocycles. The van der Waals surface area contributed by atoms with Crippen LogP contribution in [0.4, 0.5) is 0 Å². The Morgan fingerprint density at radius 3 is 2.76 bits per heavy atom. The van der Waals surface area contributed by atoms with Crippen LogP contribution in [0.15, 0.2) is 40.2 Å². The number of benzene rings is 1. The van der Waals surface area contributed by atoms with Crippen molar-refractivity contribution in [2.75, 3.05) is 0 Å². The summed E-state index contributed by atoms with van der Waals surface area (Å²) in [5, 5.41) is 0.0685. The van der Waals surface area contributed by atoms with E-state index in [-0.39, 0.29) is 15.8 Å². The Morgan fingerprint density at radius 2 is 2.18 bits per heavy atom. The van der Waals surface area contributed by atoms with Crippen LogP contribution < -0.4 is 4.18 Å². The van der Waals surface area contributed by atoms with E-state index in [1.165, 1.54) is 12.4 Å². The Bertz CT molecular complexity index is 628. The van der Waals surface area contributed by atoms with Crippen molar-refractivity contribution >= 4 is 37.6 Å². The number of H-pyrrole nitrogens is 1. The summed E-state index contributed by atoms with van der Waals surface area (Å²) in [5.74, 6) is 0.0597. The third-order valence-corrected chi connectivity index (χ3v) is 3.79. The predicted molar refractivity (Wildman–Crippen MR) is 65.6 cm³/mol. The normalized spacial score (nSPS) is 11.4. The van der Waals surface area contributed by atoms with Crippen LogP contribution in [0.2, 0.25) is 5.02 Å². The fourth-order valence-corrected chi connectivity index (χ4v) is 2.70. The number of halogens is 2. The van der Waals surface area contributed by atoms with Crippen molar-refractivity contribution in [1.82, 2.24) is 9.97 Å². The van der Waals surface area contributed by atoms with Crippen molar-refractivity contribution in [3.8, 4) is 5.75 Å². The number of hydrogen-bond donors (Lipinski definition) is 1. The lowest BCUT2D eigenvalue weighted by Crippen LogP contribution is -2.10. The maximum atomic E-state index is 11.7. The highest BCUT2D eigenvalue weighted by Gasteiger charge is 2.19. The van der Waals surface area contributed by atoms with Crippen molar-refractivity contribution in [3.05, 3.63) is 40.2 Å². The minimum atomic E-state index is -3.92. The van der Waals surface area contributed by atoms with E-state index >= 15 is 0 Å². The SMILES string of the molecule is O=S(=O)(Oc1ccc(Br)cc1Cl)c1cnc[nH]1. The molecule has 0 fully saturated rings. The van der Waals surface area contributed by atoms with Crippen LogP contribution in [0, 0.1) is 0 Å². The first-order valence-corrected chi connectivity index (χ1v) is 6.95. The highest BCUT2D eigenvalue weighted by atomic mass is 79.9. The topological polar surface area (TPSA) is 72.1 Å². The van der Waals surface area contributed by atoms with Crippen LogP contribution in [-0.2, 0) is 10.1 Å². The molecule has 0 saturated heterocycles. The molecule has 0 saturated carbocycles. The van der Waals surface area contributed by atoms with Gasteiger partial charge in [0.25, 0.3) is 0 Å². The summed E-state index contributed by atoms with van der Waals surface area (Å²) in [4.78, 5) is 6.06. The molecule has 2 rings (SSSR count). The summed E-state index contributed by atoms with van der Waals surface area (Å²) in [6, 6.07) is 4.63. The van der Waals surface area contributed by atoms with Gasteiger partial charge in [0.2, 0.25) is 0 Å². The number of hydrogen-bond acceptors (Lipinski definition) is 4. The molecule has 1 N–H and O–H groups in total. The van der Waals surface area contributed by atoms with Gasteiger partial charge < -0.3 is 9.17 Å². The number of imidazole rings is 1. The Hall–Kier alpha value is -1.05. The summed E-state index contributed by atoms with van der Waals surface area (Å²) in [5.41, 5.74) is 0. The third-order valence-electron chi connectivity index (χ3n) is 1.84. The fraction of sp³-hybridized carbons (Fsp3) is 0. The molecule has 90 valence electrons. The first-order valence-electron chi connectivity index (χ1n) is 4.37. The molecule has 5 nitrogen and oxygen atoms in total. The van der Waals surface area contributed by atoms with Gasteiger partial charge in [0.1, 0.15) is 0 Å². The van der Waals surface area contributed by atoms with Crippen LogP contribution in [-0.4, -0.2) is 18.4 Å². The van der Waals surface area contributed by atoms with E-state index in [0.29, 0.717) is 0 Å². The minimum Gasteiger partial charge on any atom is -0.376 e. The Morgan fingerprint density at radius 1 is 1.41 bits per heavy atom. The van der Waals surface area contributed by atoms with Crippen LogP contribution >= 0.6 is 27.5 Å². The van der Waals surface area contributed by atoms with Crippen LogP contribution in [0.1, 0.15) is 0 Å². The van der Waals surface area contributed by atoms with Gasteiger partial charge in [0.15, 0.2) is 10.8 Å². The largest absolute Gasteiger partial charge is 0.376 e. The van der Waals surface area contributed by atoms with E-state index in [2.05, 4.69) is 25.9 Å². The Labute approximate surface area is 111 Å². The number of aromatic amines is 1. The van der Waals surface area contributed by atoms with Gasteiger partial charge in [-0.1, -0.05) is 27.5 Å². The molecule has 1 heterocycles. The molecular weight excluding hydrogens is 332 g/mol. The van der Waals surface area contributed by atoms with Gasteiger partial charge in [-0.3, -0.25) is 0 Å². The lowest BCUT2D eigenvalue weighted by atomic mass is 10.3. The molecule has 0 atom stereocenters. The molecule has 0 amide bonds. The number of nitrogens with one attached hydrogen (secondary N) is 1. The first-order chi connectivity index (χ1) is 7.99. The molecule has 1 aromatic heterocycles. The van der Waals surface area contributed by atoms with Crippen molar-refractivity contribution in [2.24, 2.45) is 0 Å². The zero-order chi connectivity index (χ0) is 12.5. The number of rotatable bonds is 3. The average molecular weight is 338 g/mol. The van der Waals surface area contributed by atoms with E-state index in [9.17, 15) is 8.42 Å². The summed E-state index contributed by atoms with van der Waals surface area (Å²) in [6.45, 7) is 0. The van der Waals surface area contributed by atoms with Crippen LogP contribution in [0.5, 0.6) is 5.75 Å². The molecule has 0 bridgehead atoms. The van der Waals surface area contributed by atoms with Crippen molar-refractivity contribution in [2.45, 2.75) is 5.03 Å². The molecule has 0 aliphatic carbocycles. The van der Waals surface area contributed by atoms with E-state index < -0.39 is 10.1 Å². The van der Waals surface area contributed by atoms with Crippen LogP contribution in [0.3, 0.4) is 0 Å². The second-order valence-electron chi connectivity index (χ2n) is 3.03. The average Bonchev–Trinajstić information content (AvgIpc) is 2.76. The molecule has 0 unspecified atom stereocenters. The maximum absolute atomic E-state index is 11.7. The fourth-order valence-electron chi connectivity index (χ4n) is 1.09. The van der Waals surface area contributed by atoms with Gasteiger partial charge in [0.05, 0.1) is 17.5 Å². The highest BCUT2D eigenvalue weighted by molar-refractivity contribution is 9.10. The van der Waals surface area contributed by atoms with Crippen molar-refractivity contribution in [1.29, 1.82) is 0 Å². The summed E-state index contributed by atoms with van der Waals surface area (Å²) >= 11 is 9.06. The molecule has 0 radical (unpaired) electrons. The van der Waals surface area contributed by atoms with Gasteiger partial charge in [-0.05, 0) is 18.2 Å². The zero-order valence-electron chi connectivity index (χ0n) is 8.22. The third kappa shape index (κ3) is 2.80. The monoisotopic (exact) mass is 336 g/mol. The molecule has 0 aliphatic heterocycles. The standard InChI is InChI=1S/C9H6BrClN2O3S/c10-6-1-2-8(7(11)3-6)16-17(14,15)9-4-12-5-13-9/h1-5H,(H,12,13). The smallest absolute Gasteiger partial charge is 0.356 e. The second kappa shape index (κ2) is 4.67. The van der Waals surface area contributed by atoms with Gasteiger partial charge in [-0.15, -0.1) is 0 Å². The Kier molecular flexibility index (Phi) is 3.41. The number of nitrogens with zero attached hydrogens (tertiary/aromatic N) is 1. The maximum Gasteiger partial charge on any atom is 0.356 e. The highest BCUT2D eigenvalue weighted by Crippen LogP contribution is 2.29. The second-order valence-corrected chi connectivity index (χ2v) is 5.87. The van der Waals surface area contributed by atoms with E-state index in [1.807, 2.05) is 0 Å². The molecule has 0 spiro atoms. The number of aromatic nitrogens is 2.